The minimum Gasteiger partial charge on any atom is -0.334 e. The van der Waals surface area contributed by atoms with Crippen LogP contribution in [0.1, 0.15) is 26.7 Å². The van der Waals surface area contributed by atoms with Gasteiger partial charge in [-0.1, -0.05) is 6.92 Å². The third-order valence-electron chi connectivity index (χ3n) is 2.94. The van der Waals surface area contributed by atoms with Gasteiger partial charge in [-0.2, -0.15) is 8.78 Å². The normalized spacial score (nSPS) is 27.3. The summed E-state index contributed by atoms with van der Waals surface area (Å²) in [6.45, 7) is 3.54. The van der Waals surface area contributed by atoms with Crippen molar-refractivity contribution in [3.05, 3.63) is 0 Å². The van der Waals surface area contributed by atoms with Crippen LogP contribution in [0.3, 0.4) is 0 Å². The summed E-state index contributed by atoms with van der Waals surface area (Å²) in [5.74, 6) is -6.24. The number of likely N-dealkylation sites (tertiary alicyclic amines) is 1. The Morgan fingerprint density at radius 1 is 1.31 bits per heavy atom. The second-order valence-corrected chi connectivity index (χ2v) is 4.41. The number of nitrogens with zero attached hydrogens (tertiary/aromatic N) is 1. The number of rotatable bonds is 2. The van der Waals surface area contributed by atoms with Crippen LogP contribution in [0.4, 0.5) is 17.6 Å². The number of hydrogen-bond donors (Lipinski definition) is 0. The zero-order chi connectivity index (χ0) is 12.5. The molecule has 2 atom stereocenters. The molecule has 2 unspecified atom stereocenters. The molecule has 1 amide bonds. The number of halogens is 4. The van der Waals surface area contributed by atoms with Crippen molar-refractivity contribution in [3.63, 3.8) is 0 Å². The predicted molar refractivity (Wildman–Crippen MR) is 50.5 cm³/mol. The summed E-state index contributed by atoms with van der Waals surface area (Å²) in [6, 6.07) is -0.395. The zero-order valence-corrected chi connectivity index (χ0v) is 9.22. The molecule has 1 heterocycles. The molecule has 0 aromatic carbocycles. The third-order valence-corrected chi connectivity index (χ3v) is 2.94. The van der Waals surface area contributed by atoms with E-state index in [1.807, 2.05) is 6.92 Å². The average Bonchev–Trinajstić information content (AvgIpc) is 2.20. The van der Waals surface area contributed by atoms with Gasteiger partial charge in [-0.15, -0.1) is 0 Å². The van der Waals surface area contributed by atoms with E-state index in [-0.39, 0.29) is 12.5 Å². The van der Waals surface area contributed by atoms with Crippen LogP contribution in [0.15, 0.2) is 0 Å². The van der Waals surface area contributed by atoms with Crippen molar-refractivity contribution in [1.29, 1.82) is 0 Å². The maximum atomic E-state index is 12.9. The van der Waals surface area contributed by atoms with Crippen LogP contribution in [0.5, 0.6) is 0 Å². The lowest BCUT2D eigenvalue weighted by Crippen LogP contribution is -2.54. The molecule has 94 valence electrons. The first kappa shape index (κ1) is 13.3. The molecule has 1 rings (SSSR count). The standard InChI is InChI=1S/C10H15F4NO/c1-6-3-4-7(2)15(5-6)9(16)10(13,14)8(11)12/h6-8H,3-5H2,1-2H3. The number of hydrogen-bond acceptors (Lipinski definition) is 1. The number of piperidine rings is 1. The Kier molecular flexibility index (Phi) is 3.80. The molecule has 1 aliphatic heterocycles. The molecule has 1 aliphatic rings. The number of carbonyl (C=O) groups excluding carboxylic acids is 1. The fourth-order valence-electron chi connectivity index (χ4n) is 1.86. The second kappa shape index (κ2) is 4.59. The molecule has 0 aromatic heterocycles. The van der Waals surface area contributed by atoms with Gasteiger partial charge in [-0.05, 0) is 25.7 Å². The van der Waals surface area contributed by atoms with Gasteiger partial charge in [0.25, 0.3) is 5.91 Å². The molecule has 0 saturated carbocycles. The molecule has 0 bridgehead atoms. The molecule has 0 N–H and O–H groups in total. The predicted octanol–water partition coefficient (Wildman–Crippen LogP) is 2.53. The highest BCUT2D eigenvalue weighted by Crippen LogP contribution is 2.30. The Morgan fingerprint density at radius 3 is 2.38 bits per heavy atom. The SMILES string of the molecule is CC1CCC(C)N(C(=O)C(F)(F)C(F)F)C1. The Bertz CT molecular complexity index is 270. The summed E-state index contributed by atoms with van der Waals surface area (Å²) >= 11 is 0. The van der Waals surface area contributed by atoms with E-state index < -0.39 is 24.3 Å². The van der Waals surface area contributed by atoms with E-state index in [9.17, 15) is 22.4 Å². The lowest BCUT2D eigenvalue weighted by atomic mass is 9.94. The highest BCUT2D eigenvalue weighted by Gasteiger charge is 2.52. The minimum atomic E-state index is -4.56. The van der Waals surface area contributed by atoms with Crippen LogP contribution in [-0.2, 0) is 4.79 Å². The van der Waals surface area contributed by atoms with Gasteiger partial charge in [0, 0.05) is 12.6 Å². The summed E-state index contributed by atoms with van der Waals surface area (Å²) in [4.78, 5) is 12.2. The zero-order valence-electron chi connectivity index (χ0n) is 9.22. The van der Waals surface area contributed by atoms with E-state index in [0.717, 1.165) is 11.3 Å². The van der Waals surface area contributed by atoms with Crippen molar-refractivity contribution in [2.45, 2.75) is 45.1 Å². The molecule has 0 spiro atoms. The summed E-state index contributed by atoms with van der Waals surface area (Å²) < 4.78 is 49.9. The second-order valence-electron chi connectivity index (χ2n) is 4.41. The summed E-state index contributed by atoms with van der Waals surface area (Å²) in [5, 5.41) is 0. The van der Waals surface area contributed by atoms with Gasteiger partial charge in [0.1, 0.15) is 0 Å². The molecular weight excluding hydrogens is 226 g/mol. The van der Waals surface area contributed by atoms with E-state index >= 15 is 0 Å². The van der Waals surface area contributed by atoms with Crippen LogP contribution in [0.2, 0.25) is 0 Å². The van der Waals surface area contributed by atoms with Gasteiger partial charge < -0.3 is 4.90 Å². The molecular formula is C10H15F4NO. The average molecular weight is 241 g/mol. The molecule has 6 heteroatoms. The highest BCUT2D eigenvalue weighted by molar-refractivity contribution is 5.84. The van der Waals surface area contributed by atoms with E-state index in [0.29, 0.717) is 6.42 Å². The Morgan fingerprint density at radius 2 is 1.88 bits per heavy atom. The van der Waals surface area contributed by atoms with Crippen molar-refractivity contribution in [2.24, 2.45) is 5.92 Å². The van der Waals surface area contributed by atoms with Crippen LogP contribution in [-0.4, -0.2) is 35.7 Å². The van der Waals surface area contributed by atoms with E-state index in [2.05, 4.69) is 0 Å². The summed E-state index contributed by atoms with van der Waals surface area (Å²) in [6.07, 6.45) is -2.54. The molecule has 1 saturated heterocycles. The van der Waals surface area contributed by atoms with Gasteiger partial charge in [0.05, 0.1) is 0 Å². The first-order valence-electron chi connectivity index (χ1n) is 5.23. The van der Waals surface area contributed by atoms with Gasteiger partial charge in [-0.3, -0.25) is 4.79 Å². The van der Waals surface area contributed by atoms with Gasteiger partial charge >= 0.3 is 12.3 Å². The lowest BCUT2D eigenvalue weighted by molar-refractivity contribution is -0.184. The van der Waals surface area contributed by atoms with Gasteiger partial charge in [-0.25, -0.2) is 8.78 Å². The van der Waals surface area contributed by atoms with E-state index in [4.69, 9.17) is 0 Å². The molecule has 16 heavy (non-hydrogen) atoms. The largest absolute Gasteiger partial charge is 0.383 e. The van der Waals surface area contributed by atoms with Crippen LogP contribution in [0, 0.1) is 5.92 Å². The van der Waals surface area contributed by atoms with Gasteiger partial charge in [0.2, 0.25) is 0 Å². The summed E-state index contributed by atoms with van der Waals surface area (Å²) in [5.41, 5.74) is 0. The molecule has 0 radical (unpaired) electrons. The van der Waals surface area contributed by atoms with Crippen molar-refractivity contribution < 1.29 is 22.4 Å². The van der Waals surface area contributed by atoms with Crippen molar-refractivity contribution in [2.75, 3.05) is 6.54 Å². The topological polar surface area (TPSA) is 20.3 Å². The monoisotopic (exact) mass is 241 g/mol. The van der Waals surface area contributed by atoms with Crippen LogP contribution < -0.4 is 0 Å². The fraction of sp³-hybridized carbons (Fsp3) is 0.900. The molecule has 0 aromatic rings. The molecule has 2 nitrogen and oxygen atoms in total. The maximum absolute atomic E-state index is 12.9. The molecule has 0 aliphatic carbocycles. The summed E-state index contributed by atoms with van der Waals surface area (Å²) in [7, 11) is 0. The Balaban J connectivity index is 2.79. The van der Waals surface area contributed by atoms with Crippen LogP contribution >= 0.6 is 0 Å². The maximum Gasteiger partial charge on any atom is 0.383 e. The Labute approximate surface area is 91.6 Å². The first-order valence-corrected chi connectivity index (χ1v) is 5.23. The third kappa shape index (κ3) is 2.47. The van der Waals surface area contributed by atoms with Crippen LogP contribution in [0.25, 0.3) is 0 Å². The number of alkyl halides is 4. The van der Waals surface area contributed by atoms with E-state index in [1.54, 1.807) is 6.92 Å². The minimum absolute atomic E-state index is 0.0774. The van der Waals surface area contributed by atoms with Gasteiger partial charge in [0.15, 0.2) is 0 Å². The van der Waals surface area contributed by atoms with E-state index in [1.165, 1.54) is 0 Å². The smallest absolute Gasteiger partial charge is 0.334 e. The van der Waals surface area contributed by atoms with Crippen molar-refractivity contribution >= 4 is 5.91 Å². The highest BCUT2D eigenvalue weighted by atomic mass is 19.3. The number of amides is 1. The Hall–Kier alpha value is -0.810. The lowest BCUT2D eigenvalue weighted by Gasteiger charge is -2.38. The molecule has 1 fully saturated rings. The van der Waals surface area contributed by atoms with Crippen molar-refractivity contribution in [1.82, 2.24) is 4.90 Å². The quantitative estimate of drug-likeness (QED) is 0.680. The fourth-order valence-corrected chi connectivity index (χ4v) is 1.86. The van der Waals surface area contributed by atoms with Crippen molar-refractivity contribution in [3.8, 4) is 0 Å². The first-order chi connectivity index (χ1) is 7.26. The number of carbonyl (C=O) groups is 1.